The molecule has 142 valence electrons. The molecular formula is C19H28N4O3. The number of benzene rings is 1. The Kier molecular flexibility index (Phi) is 6.60. The van der Waals surface area contributed by atoms with Gasteiger partial charge in [0.2, 0.25) is 11.8 Å². The molecule has 1 aliphatic heterocycles. The molecule has 26 heavy (non-hydrogen) atoms. The maximum absolute atomic E-state index is 12.7. The zero-order valence-corrected chi connectivity index (χ0v) is 15.8. The monoisotopic (exact) mass is 360 g/mol. The fourth-order valence-corrected chi connectivity index (χ4v) is 3.19. The summed E-state index contributed by atoms with van der Waals surface area (Å²) in [7, 11) is 1.46. The largest absolute Gasteiger partial charge is 0.359 e. The molecule has 0 radical (unpaired) electrons. The van der Waals surface area contributed by atoms with Crippen LogP contribution >= 0.6 is 0 Å². The Hall–Kier alpha value is -2.57. The SMILES string of the molecule is CC[C@H](C)NC(=O)[C@H]1C[C@H](C)N(CC(=O)NC(=O)NC)c2ccccc21. The first kappa shape index (κ1) is 19.8. The lowest BCUT2D eigenvalue weighted by Crippen LogP contribution is -2.49. The molecule has 0 spiro atoms. The van der Waals surface area contributed by atoms with Gasteiger partial charge in [0, 0.05) is 24.8 Å². The quantitative estimate of drug-likeness (QED) is 0.746. The van der Waals surface area contributed by atoms with Gasteiger partial charge < -0.3 is 15.5 Å². The van der Waals surface area contributed by atoms with Gasteiger partial charge in [0.05, 0.1) is 12.5 Å². The normalized spacial score (nSPS) is 19.9. The van der Waals surface area contributed by atoms with E-state index < -0.39 is 6.03 Å². The van der Waals surface area contributed by atoms with Crippen molar-refractivity contribution in [3.05, 3.63) is 29.8 Å². The minimum Gasteiger partial charge on any atom is -0.359 e. The Morgan fingerprint density at radius 1 is 1.27 bits per heavy atom. The maximum Gasteiger partial charge on any atom is 0.321 e. The van der Waals surface area contributed by atoms with Gasteiger partial charge in [0.1, 0.15) is 0 Å². The number of carbonyl (C=O) groups excluding carboxylic acids is 3. The Morgan fingerprint density at radius 2 is 1.96 bits per heavy atom. The van der Waals surface area contributed by atoms with Crippen molar-refractivity contribution in [2.24, 2.45) is 0 Å². The molecule has 0 bridgehead atoms. The van der Waals surface area contributed by atoms with Gasteiger partial charge in [-0.1, -0.05) is 25.1 Å². The van der Waals surface area contributed by atoms with Crippen LogP contribution in [0.2, 0.25) is 0 Å². The minimum absolute atomic E-state index is 0.00646. The number of carbonyl (C=O) groups is 3. The summed E-state index contributed by atoms with van der Waals surface area (Å²) in [4.78, 5) is 38.2. The third kappa shape index (κ3) is 4.53. The molecule has 0 fully saturated rings. The number of amides is 4. The number of fused-ring (bicyclic) bond motifs is 1. The van der Waals surface area contributed by atoms with Crippen LogP contribution in [0.15, 0.2) is 24.3 Å². The molecule has 7 nitrogen and oxygen atoms in total. The summed E-state index contributed by atoms with van der Waals surface area (Å²) in [6, 6.07) is 7.24. The maximum atomic E-state index is 12.7. The lowest BCUT2D eigenvalue weighted by Gasteiger charge is -2.40. The van der Waals surface area contributed by atoms with Crippen LogP contribution in [0.1, 0.15) is 45.1 Å². The smallest absolute Gasteiger partial charge is 0.321 e. The summed E-state index contributed by atoms with van der Waals surface area (Å²) < 4.78 is 0. The van der Waals surface area contributed by atoms with Crippen molar-refractivity contribution in [2.45, 2.75) is 51.6 Å². The van der Waals surface area contributed by atoms with Gasteiger partial charge in [-0.15, -0.1) is 0 Å². The number of para-hydroxylation sites is 1. The molecule has 0 aliphatic carbocycles. The standard InChI is InChI=1S/C19H28N4O3/c1-5-12(2)21-18(25)15-10-13(3)23(11-17(24)22-19(26)20-4)16-9-7-6-8-14(15)16/h6-9,12-13,15H,5,10-11H2,1-4H3,(H,21,25)(H2,20,22,24,26)/t12-,13-,15-/m0/s1. The summed E-state index contributed by atoms with van der Waals surface area (Å²) in [5.41, 5.74) is 1.78. The molecule has 0 saturated heterocycles. The van der Waals surface area contributed by atoms with Gasteiger partial charge >= 0.3 is 6.03 Å². The molecule has 7 heteroatoms. The molecule has 3 N–H and O–H groups in total. The second kappa shape index (κ2) is 8.69. The molecule has 3 atom stereocenters. The summed E-state index contributed by atoms with van der Waals surface area (Å²) in [6.07, 6.45) is 1.49. The third-order valence-electron chi connectivity index (χ3n) is 4.84. The molecule has 1 heterocycles. The van der Waals surface area contributed by atoms with E-state index in [2.05, 4.69) is 16.0 Å². The van der Waals surface area contributed by atoms with Crippen LogP contribution in [0.5, 0.6) is 0 Å². The van der Waals surface area contributed by atoms with Gasteiger partial charge in [0.15, 0.2) is 0 Å². The van der Waals surface area contributed by atoms with E-state index in [0.29, 0.717) is 6.42 Å². The van der Waals surface area contributed by atoms with Crippen molar-refractivity contribution >= 4 is 23.5 Å². The van der Waals surface area contributed by atoms with E-state index in [4.69, 9.17) is 0 Å². The van der Waals surface area contributed by atoms with E-state index in [1.807, 2.05) is 49.9 Å². The highest BCUT2D eigenvalue weighted by Crippen LogP contribution is 2.38. The number of imide groups is 1. The molecule has 0 saturated carbocycles. The second-order valence-electron chi connectivity index (χ2n) is 6.77. The van der Waals surface area contributed by atoms with E-state index in [1.54, 1.807) is 0 Å². The number of nitrogens with one attached hydrogen (secondary N) is 3. The third-order valence-corrected chi connectivity index (χ3v) is 4.84. The van der Waals surface area contributed by atoms with Gasteiger partial charge in [-0.25, -0.2) is 4.79 Å². The summed E-state index contributed by atoms with van der Waals surface area (Å²) in [5, 5.41) is 7.71. The fraction of sp³-hybridized carbons (Fsp3) is 0.526. The predicted octanol–water partition coefficient (Wildman–Crippen LogP) is 1.74. The lowest BCUT2D eigenvalue weighted by atomic mass is 9.85. The van der Waals surface area contributed by atoms with Gasteiger partial charge in [-0.3, -0.25) is 14.9 Å². The molecular weight excluding hydrogens is 332 g/mol. The first-order chi connectivity index (χ1) is 12.4. The van der Waals surface area contributed by atoms with Gasteiger partial charge in [-0.2, -0.15) is 0 Å². The predicted molar refractivity (Wildman–Crippen MR) is 101 cm³/mol. The Balaban J connectivity index is 2.22. The number of nitrogens with zero attached hydrogens (tertiary/aromatic N) is 1. The zero-order chi connectivity index (χ0) is 19.3. The van der Waals surface area contributed by atoms with Crippen LogP contribution in [-0.4, -0.2) is 43.5 Å². The van der Waals surface area contributed by atoms with E-state index in [9.17, 15) is 14.4 Å². The molecule has 4 amide bonds. The van der Waals surface area contributed by atoms with Gasteiger partial charge in [0.25, 0.3) is 0 Å². The average molecular weight is 360 g/mol. The Morgan fingerprint density at radius 3 is 2.62 bits per heavy atom. The minimum atomic E-state index is -0.529. The highest BCUT2D eigenvalue weighted by Gasteiger charge is 2.35. The summed E-state index contributed by atoms with van der Waals surface area (Å²) in [5.74, 6) is -0.602. The van der Waals surface area contributed by atoms with Crippen molar-refractivity contribution in [2.75, 3.05) is 18.5 Å². The first-order valence-electron chi connectivity index (χ1n) is 9.04. The number of anilines is 1. The van der Waals surface area contributed by atoms with E-state index in [-0.39, 0.29) is 36.4 Å². The molecule has 0 aromatic heterocycles. The van der Waals surface area contributed by atoms with E-state index in [0.717, 1.165) is 17.7 Å². The molecule has 2 rings (SSSR count). The van der Waals surface area contributed by atoms with Crippen molar-refractivity contribution < 1.29 is 14.4 Å². The fourth-order valence-electron chi connectivity index (χ4n) is 3.19. The van der Waals surface area contributed by atoms with Crippen molar-refractivity contribution in [1.29, 1.82) is 0 Å². The van der Waals surface area contributed by atoms with Crippen LogP contribution < -0.4 is 20.9 Å². The number of hydrogen-bond acceptors (Lipinski definition) is 4. The van der Waals surface area contributed by atoms with Crippen molar-refractivity contribution in [3.63, 3.8) is 0 Å². The number of hydrogen-bond donors (Lipinski definition) is 3. The Labute approximate surface area is 154 Å². The highest BCUT2D eigenvalue weighted by molar-refractivity contribution is 5.97. The highest BCUT2D eigenvalue weighted by atomic mass is 16.2. The summed E-state index contributed by atoms with van der Waals surface area (Å²) >= 11 is 0. The molecule has 0 unspecified atom stereocenters. The van der Waals surface area contributed by atoms with Gasteiger partial charge in [-0.05, 0) is 38.3 Å². The molecule has 1 aromatic rings. The van der Waals surface area contributed by atoms with Crippen LogP contribution in [0.3, 0.4) is 0 Å². The van der Waals surface area contributed by atoms with E-state index >= 15 is 0 Å². The van der Waals surface area contributed by atoms with Crippen LogP contribution in [0, 0.1) is 0 Å². The van der Waals surface area contributed by atoms with Crippen LogP contribution in [0.4, 0.5) is 10.5 Å². The average Bonchev–Trinajstić information content (AvgIpc) is 2.63. The second-order valence-corrected chi connectivity index (χ2v) is 6.77. The summed E-state index contributed by atoms with van der Waals surface area (Å²) in [6.45, 7) is 6.08. The zero-order valence-electron chi connectivity index (χ0n) is 15.8. The lowest BCUT2D eigenvalue weighted by molar-refractivity contribution is -0.123. The van der Waals surface area contributed by atoms with Crippen molar-refractivity contribution in [3.8, 4) is 0 Å². The number of urea groups is 1. The Bertz CT molecular complexity index is 677. The van der Waals surface area contributed by atoms with Crippen molar-refractivity contribution in [1.82, 2.24) is 16.0 Å². The van der Waals surface area contributed by atoms with Crippen LogP contribution in [0.25, 0.3) is 0 Å². The number of rotatable bonds is 5. The van der Waals surface area contributed by atoms with E-state index in [1.165, 1.54) is 7.05 Å². The first-order valence-corrected chi connectivity index (χ1v) is 9.04. The molecule has 1 aromatic carbocycles. The molecule has 1 aliphatic rings. The van der Waals surface area contributed by atoms with Crippen LogP contribution in [-0.2, 0) is 9.59 Å². The topological polar surface area (TPSA) is 90.5 Å².